The molecule has 5 nitrogen and oxygen atoms in total. The lowest BCUT2D eigenvalue weighted by Gasteiger charge is -2.18. The molecule has 0 bridgehead atoms. The van der Waals surface area contributed by atoms with Crippen molar-refractivity contribution in [3.8, 4) is 0 Å². The van der Waals surface area contributed by atoms with E-state index in [0.717, 1.165) is 5.56 Å². The molecule has 2 aromatic carbocycles. The first-order valence-corrected chi connectivity index (χ1v) is 8.22. The summed E-state index contributed by atoms with van der Waals surface area (Å²) in [6.07, 6.45) is 0.342. The number of rotatable bonds is 5. The molecule has 0 fully saturated rings. The van der Waals surface area contributed by atoms with E-state index in [0.29, 0.717) is 22.6 Å². The van der Waals surface area contributed by atoms with Gasteiger partial charge in [0.15, 0.2) is 0 Å². The van der Waals surface area contributed by atoms with Gasteiger partial charge >= 0.3 is 5.97 Å². The first-order chi connectivity index (χ1) is 12.5. The summed E-state index contributed by atoms with van der Waals surface area (Å²) in [6, 6.07) is 17.8. The van der Waals surface area contributed by atoms with E-state index in [1.54, 1.807) is 43.3 Å². The fraction of sp³-hybridized carbons (Fsp3) is 0.143. The van der Waals surface area contributed by atoms with Crippen LogP contribution in [0.2, 0.25) is 0 Å². The highest BCUT2D eigenvalue weighted by molar-refractivity contribution is 5.98. The van der Waals surface area contributed by atoms with Gasteiger partial charge in [-0.1, -0.05) is 48.0 Å². The van der Waals surface area contributed by atoms with Crippen molar-refractivity contribution < 1.29 is 18.7 Å². The Balaban J connectivity index is 1.83. The summed E-state index contributed by atoms with van der Waals surface area (Å²) in [5, 5.41) is 2.79. The number of furan rings is 1. The van der Waals surface area contributed by atoms with Crippen LogP contribution in [0.1, 0.15) is 33.3 Å². The van der Waals surface area contributed by atoms with Gasteiger partial charge in [-0.3, -0.25) is 4.79 Å². The molecule has 1 aromatic heterocycles. The summed E-state index contributed by atoms with van der Waals surface area (Å²) in [4.78, 5) is 25.2. The van der Waals surface area contributed by atoms with Crippen molar-refractivity contribution in [2.24, 2.45) is 0 Å². The van der Waals surface area contributed by atoms with Crippen molar-refractivity contribution in [2.75, 3.05) is 5.32 Å². The molecule has 1 unspecified atom stereocenters. The molecular formula is C21H19NO4. The van der Waals surface area contributed by atoms with E-state index in [1.807, 2.05) is 25.1 Å². The van der Waals surface area contributed by atoms with Gasteiger partial charge in [-0.25, -0.2) is 4.79 Å². The Bertz CT molecular complexity index is 897. The third-order valence-corrected chi connectivity index (χ3v) is 3.96. The summed E-state index contributed by atoms with van der Waals surface area (Å²) in [5.41, 5.74) is 2.61. The Hall–Kier alpha value is -3.34. The van der Waals surface area contributed by atoms with E-state index < -0.39 is 18.0 Å². The molecule has 26 heavy (non-hydrogen) atoms. The number of carbonyl (C=O) groups excluding carboxylic acids is 2. The van der Waals surface area contributed by atoms with Gasteiger partial charge in [0.25, 0.3) is 5.91 Å². The summed E-state index contributed by atoms with van der Waals surface area (Å²) in [7, 11) is 0. The van der Waals surface area contributed by atoms with Gasteiger partial charge < -0.3 is 14.5 Å². The lowest BCUT2D eigenvalue weighted by molar-refractivity contribution is -0.125. The Morgan fingerprint density at radius 1 is 0.962 bits per heavy atom. The van der Waals surface area contributed by atoms with E-state index >= 15 is 0 Å². The molecule has 3 rings (SSSR count). The SMILES string of the molecule is Cc1ccc(NC(=O)C(OC(=O)c2ccoc2C)c2ccccc2)cc1. The minimum Gasteiger partial charge on any atom is -0.469 e. The van der Waals surface area contributed by atoms with Gasteiger partial charge in [-0.2, -0.15) is 0 Å². The minimum absolute atomic E-state index is 0.300. The van der Waals surface area contributed by atoms with E-state index in [2.05, 4.69) is 5.32 Å². The number of amides is 1. The molecule has 0 saturated carbocycles. The number of esters is 1. The highest BCUT2D eigenvalue weighted by Crippen LogP contribution is 2.23. The average Bonchev–Trinajstić information content (AvgIpc) is 3.08. The first kappa shape index (κ1) is 17.5. The van der Waals surface area contributed by atoms with Gasteiger partial charge in [0.05, 0.1) is 6.26 Å². The monoisotopic (exact) mass is 349 g/mol. The number of hydrogen-bond donors (Lipinski definition) is 1. The molecule has 1 atom stereocenters. The quantitative estimate of drug-likeness (QED) is 0.692. The van der Waals surface area contributed by atoms with Crippen LogP contribution in [0, 0.1) is 13.8 Å². The normalized spacial score (nSPS) is 11.6. The van der Waals surface area contributed by atoms with Crippen molar-refractivity contribution in [2.45, 2.75) is 20.0 Å². The summed E-state index contributed by atoms with van der Waals surface area (Å²) < 4.78 is 10.6. The van der Waals surface area contributed by atoms with Crippen LogP contribution in [0.3, 0.4) is 0 Å². The zero-order valence-electron chi connectivity index (χ0n) is 14.6. The second-order valence-electron chi connectivity index (χ2n) is 5.94. The van der Waals surface area contributed by atoms with Crippen LogP contribution in [-0.2, 0) is 9.53 Å². The summed E-state index contributed by atoms with van der Waals surface area (Å²) in [6.45, 7) is 3.63. The molecular weight excluding hydrogens is 330 g/mol. The highest BCUT2D eigenvalue weighted by Gasteiger charge is 2.27. The number of hydrogen-bond acceptors (Lipinski definition) is 4. The molecule has 0 aliphatic carbocycles. The lowest BCUT2D eigenvalue weighted by atomic mass is 10.1. The molecule has 3 aromatic rings. The Morgan fingerprint density at radius 3 is 2.27 bits per heavy atom. The number of carbonyl (C=O) groups is 2. The van der Waals surface area contributed by atoms with Gasteiger partial charge in [0, 0.05) is 11.3 Å². The third-order valence-electron chi connectivity index (χ3n) is 3.96. The maximum atomic E-state index is 12.8. The maximum absolute atomic E-state index is 12.8. The number of nitrogens with one attached hydrogen (secondary N) is 1. The highest BCUT2D eigenvalue weighted by atomic mass is 16.5. The van der Waals surface area contributed by atoms with E-state index in [9.17, 15) is 9.59 Å². The standard InChI is InChI=1S/C21H19NO4/c1-14-8-10-17(11-9-14)22-20(23)19(16-6-4-3-5-7-16)26-21(24)18-12-13-25-15(18)2/h3-13,19H,1-2H3,(H,22,23). The molecule has 0 saturated heterocycles. The van der Waals surface area contributed by atoms with E-state index in [4.69, 9.17) is 9.15 Å². The predicted octanol–water partition coefficient (Wildman–Crippen LogP) is 4.43. The van der Waals surface area contributed by atoms with Crippen LogP contribution < -0.4 is 5.32 Å². The van der Waals surface area contributed by atoms with Crippen molar-refractivity contribution >= 4 is 17.6 Å². The maximum Gasteiger partial charge on any atom is 0.342 e. The van der Waals surface area contributed by atoms with Gasteiger partial charge in [0.2, 0.25) is 6.10 Å². The fourth-order valence-corrected chi connectivity index (χ4v) is 2.51. The number of anilines is 1. The van der Waals surface area contributed by atoms with Crippen LogP contribution in [0.15, 0.2) is 71.3 Å². The number of aryl methyl sites for hydroxylation is 2. The van der Waals surface area contributed by atoms with Gasteiger partial charge in [-0.15, -0.1) is 0 Å². The molecule has 132 valence electrons. The second kappa shape index (κ2) is 7.70. The lowest BCUT2D eigenvalue weighted by Crippen LogP contribution is -2.26. The predicted molar refractivity (Wildman–Crippen MR) is 97.9 cm³/mol. The minimum atomic E-state index is -1.07. The van der Waals surface area contributed by atoms with Crippen LogP contribution in [0.5, 0.6) is 0 Å². The molecule has 1 N–H and O–H groups in total. The van der Waals surface area contributed by atoms with Crippen molar-refractivity contribution in [3.63, 3.8) is 0 Å². The van der Waals surface area contributed by atoms with Crippen molar-refractivity contribution in [1.82, 2.24) is 0 Å². The number of benzene rings is 2. The number of ether oxygens (including phenoxy) is 1. The van der Waals surface area contributed by atoms with Crippen LogP contribution in [-0.4, -0.2) is 11.9 Å². The topological polar surface area (TPSA) is 68.5 Å². The fourth-order valence-electron chi connectivity index (χ4n) is 2.51. The average molecular weight is 349 g/mol. The van der Waals surface area contributed by atoms with Crippen LogP contribution in [0.25, 0.3) is 0 Å². The Morgan fingerprint density at radius 2 is 1.65 bits per heavy atom. The van der Waals surface area contributed by atoms with Gasteiger partial charge in [-0.05, 0) is 32.0 Å². The molecule has 0 spiro atoms. The molecule has 1 heterocycles. The first-order valence-electron chi connectivity index (χ1n) is 8.22. The van der Waals surface area contributed by atoms with E-state index in [-0.39, 0.29) is 0 Å². The van der Waals surface area contributed by atoms with Gasteiger partial charge in [0.1, 0.15) is 11.3 Å². The molecule has 5 heteroatoms. The zero-order valence-corrected chi connectivity index (χ0v) is 14.6. The van der Waals surface area contributed by atoms with Crippen LogP contribution >= 0.6 is 0 Å². The largest absolute Gasteiger partial charge is 0.469 e. The smallest absolute Gasteiger partial charge is 0.342 e. The summed E-state index contributed by atoms with van der Waals surface area (Å²) >= 11 is 0. The second-order valence-corrected chi connectivity index (χ2v) is 5.94. The van der Waals surface area contributed by atoms with E-state index in [1.165, 1.54) is 12.3 Å². The van der Waals surface area contributed by atoms with Crippen LogP contribution in [0.4, 0.5) is 5.69 Å². The zero-order chi connectivity index (χ0) is 18.5. The molecule has 0 aliphatic heterocycles. The summed E-state index contributed by atoms with van der Waals surface area (Å²) in [5.74, 6) is -0.584. The molecule has 0 radical (unpaired) electrons. The third kappa shape index (κ3) is 4.00. The van der Waals surface area contributed by atoms with Crippen molar-refractivity contribution in [1.29, 1.82) is 0 Å². The molecule has 0 aliphatic rings. The Kier molecular flexibility index (Phi) is 5.17. The van der Waals surface area contributed by atoms with Crippen molar-refractivity contribution in [3.05, 3.63) is 89.4 Å². The molecule has 1 amide bonds. The Labute approximate surface area is 151 Å².